The molecule has 0 radical (unpaired) electrons. The van der Waals surface area contributed by atoms with Crippen LogP contribution >= 0.6 is 0 Å². The minimum atomic E-state index is -0.671. The molecular weight excluding hydrogens is 1530 g/mol. The summed E-state index contributed by atoms with van der Waals surface area (Å²) in [5.74, 6) is 0. The van der Waals surface area contributed by atoms with Gasteiger partial charge in [0.05, 0.1) is 39.0 Å². The highest BCUT2D eigenvalue weighted by Gasteiger charge is 2.53. The Hall–Kier alpha value is -12.9. The smallest absolute Gasteiger partial charge is 0.0742 e. The summed E-state index contributed by atoms with van der Waals surface area (Å²) < 4.78 is 0. The van der Waals surface area contributed by atoms with Crippen LogP contribution in [0.4, 0.5) is 34.1 Å². The van der Waals surface area contributed by atoms with Crippen molar-refractivity contribution < 1.29 is 0 Å². The van der Waals surface area contributed by atoms with E-state index < -0.39 is 10.8 Å². The third kappa shape index (κ3) is 13.9. The van der Waals surface area contributed by atoms with Crippen LogP contribution in [0.1, 0.15) is 234 Å². The first-order valence-corrected chi connectivity index (χ1v) is 46.5. The molecule has 21 rings (SSSR count). The molecule has 0 atom stereocenters. The molecule has 0 saturated carbocycles. The number of hydrogen-bond acceptors (Lipinski definition) is 2. The summed E-state index contributed by atoms with van der Waals surface area (Å²) in [6.07, 6.45) is 6.88. The molecule has 2 heterocycles. The van der Waals surface area contributed by atoms with Crippen LogP contribution in [-0.2, 0) is 39.9 Å². The van der Waals surface area contributed by atoms with Crippen LogP contribution in [0.3, 0.4) is 0 Å². The Morgan fingerprint density at radius 1 is 0.189 bits per heavy atom. The lowest BCUT2D eigenvalue weighted by molar-refractivity contribution is 0.656. The van der Waals surface area contributed by atoms with E-state index in [1.807, 2.05) is 0 Å². The summed E-state index contributed by atoms with van der Waals surface area (Å²) in [7, 11) is 0. The summed E-state index contributed by atoms with van der Waals surface area (Å²) in [6, 6.07) is 128. The molecule has 5 aliphatic rings. The zero-order chi connectivity index (χ0) is 88.3. The van der Waals surface area contributed by atoms with Gasteiger partial charge in [0.25, 0.3) is 0 Å². The Morgan fingerprint density at radius 2 is 0.402 bits per heavy atom. The predicted octanol–water partition coefficient (Wildman–Crippen LogP) is 32.8. The number of unbranched alkanes of at least 4 members (excludes halogenated alkanes) is 2. The first-order chi connectivity index (χ1) is 61.2. The van der Waals surface area contributed by atoms with Crippen LogP contribution in [0.5, 0.6) is 0 Å². The second-order valence-electron chi connectivity index (χ2n) is 39.0. The molecule has 2 aliphatic heterocycles. The Balaban J connectivity index is 0.000000184. The Bertz CT molecular complexity index is 6400. The average Bonchev–Trinajstić information content (AvgIpc) is 1.67. The molecule has 0 fully saturated rings. The lowest BCUT2D eigenvalue weighted by Crippen LogP contribution is -2.38. The number of rotatable bonds is 14. The third-order valence-corrected chi connectivity index (χ3v) is 29.2. The molecule has 630 valence electrons. The average molecular weight is 1650 g/mol. The number of aryl methyl sites for hydroxylation is 14. The van der Waals surface area contributed by atoms with E-state index in [2.05, 4.69) is 462 Å². The summed E-state index contributed by atoms with van der Waals surface area (Å²) in [5, 5.41) is 0. The van der Waals surface area contributed by atoms with Gasteiger partial charge in [-0.15, -0.1) is 0 Å². The van der Waals surface area contributed by atoms with E-state index in [0.717, 1.165) is 12.8 Å². The van der Waals surface area contributed by atoms with Crippen molar-refractivity contribution in [2.45, 2.75) is 190 Å². The molecule has 0 amide bonds. The van der Waals surface area contributed by atoms with E-state index in [4.69, 9.17) is 0 Å². The van der Waals surface area contributed by atoms with Gasteiger partial charge in [-0.3, -0.25) is 0 Å². The van der Waals surface area contributed by atoms with E-state index in [0.29, 0.717) is 0 Å². The summed E-state index contributed by atoms with van der Waals surface area (Å²) in [4.78, 5) is 5.20. The fourth-order valence-electron chi connectivity index (χ4n) is 22.3. The maximum Gasteiger partial charge on any atom is 0.0742 e. The number of benzene rings is 16. The Morgan fingerprint density at radius 3 is 0.669 bits per heavy atom. The van der Waals surface area contributed by atoms with Crippen LogP contribution in [-0.4, -0.2) is 0 Å². The minimum absolute atomic E-state index is 0.142. The number of anilines is 6. The van der Waals surface area contributed by atoms with Gasteiger partial charge >= 0.3 is 0 Å². The molecule has 0 N–H and O–H groups in total. The van der Waals surface area contributed by atoms with E-state index >= 15 is 0 Å². The number of fused-ring (bicyclic) bond motifs is 13. The van der Waals surface area contributed by atoms with Crippen molar-refractivity contribution in [3.63, 3.8) is 0 Å². The van der Waals surface area contributed by atoms with Crippen molar-refractivity contribution in [2.75, 3.05) is 9.80 Å². The van der Waals surface area contributed by atoms with Crippen molar-refractivity contribution >= 4 is 34.1 Å². The fourth-order valence-corrected chi connectivity index (χ4v) is 22.3. The van der Waals surface area contributed by atoms with E-state index in [-0.39, 0.29) is 16.2 Å². The van der Waals surface area contributed by atoms with Gasteiger partial charge in [0.2, 0.25) is 0 Å². The van der Waals surface area contributed by atoms with Gasteiger partial charge in [0.15, 0.2) is 0 Å². The van der Waals surface area contributed by atoms with Crippen molar-refractivity contribution in [3.8, 4) is 33.4 Å². The molecule has 2 nitrogen and oxygen atoms in total. The van der Waals surface area contributed by atoms with E-state index in [1.54, 1.807) is 0 Å². The van der Waals surface area contributed by atoms with Crippen LogP contribution in [0.25, 0.3) is 33.4 Å². The number of hydrogen-bond donors (Lipinski definition) is 0. The van der Waals surface area contributed by atoms with Crippen LogP contribution in [0.2, 0.25) is 0 Å². The maximum atomic E-state index is 2.66. The van der Waals surface area contributed by atoms with Gasteiger partial charge in [0, 0.05) is 22.2 Å². The Kier molecular flexibility index (Phi) is 21.4. The van der Waals surface area contributed by atoms with E-state index in [1.165, 1.54) is 260 Å². The molecule has 0 aromatic heterocycles. The topological polar surface area (TPSA) is 6.48 Å². The zero-order valence-electron chi connectivity index (χ0n) is 77.8. The zero-order valence-corrected chi connectivity index (χ0v) is 77.8. The molecular formula is C125H120N2. The van der Waals surface area contributed by atoms with Gasteiger partial charge in [-0.2, -0.15) is 0 Å². The third-order valence-electron chi connectivity index (χ3n) is 29.2. The minimum Gasteiger partial charge on any atom is -0.310 e. The highest BCUT2D eigenvalue weighted by atomic mass is 15.2. The molecule has 16 aromatic rings. The summed E-state index contributed by atoms with van der Waals surface area (Å²) >= 11 is 0. The predicted molar refractivity (Wildman–Crippen MR) is 539 cm³/mol. The molecule has 16 aromatic carbocycles. The molecule has 0 saturated heterocycles. The van der Waals surface area contributed by atoms with E-state index in [9.17, 15) is 0 Å². The second kappa shape index (κ2) is 32.5. The lowest BCUT2D eigenvalue weighted by atomic mass is 9.61. The SMILES string of the molecule is CCCCc1ccc(N2c3ccc(C)cc3C(c3ccc(C)cc3)(c3ccc(C)cc3)c3cc4c(cc32)C(C)(C)c2cc3c(cc2-4)C(c2ccc(C)cc2)(c2ccc(C)cc2)c2cc(C)ccc2N3c2ccc(CCCC)cc2)cc1.Cc1ccc(C2(c3ccc(C)cc3)c3cc(C)ccc3-c3ccc(C)cc32)cc1.Cc1ccc2c(c1)C(C)(C)c1cc(C)ccc1-2. The molecule has 0 unspecified atom stereocenters. The van der Waals surface area contributed by atoms with Gasteiger partial charge in [-0.25, -0.2) is 0 Å². The first-order valence-electron chi connectivity index (χ1n) is 46.5. The molecule has 3 aliphatic carbocycles. The summed E-state index contributed by atoms with van der Waals surface area (Å²) in [5.41, 5.74) is 53.0. The highest BCUT2D eigenvalue weighted by molar-refractivity contribution is 5.98. The maximum absolute atomic E-state index is 2.66. The van der Waals surface area contributed by atoms with Gasteiger partial charge in [-0.1, -0.05) is 388 Å². The van der Waals surface area contributed by atoms with Crippen LogP contribution in [0.15, 0.2) is 328 Å². The molecule has 2 heteroatoms. The quantitative estimate of drug-likeness (QED) is 0.107. The van der Waals surface area contributed by atoms with Crippen molar-refractivity contribution in [1.29, 1.82) is 0 Å². The number of nitrogens with zero attached hydrogens (tertiary/aromatic N) is 2. The Labute approximate surface area is 756 Å². The monoisotopic (exact) mass is 1650 g/mol. The molecule has 0 bridgehead atoms. The fraction of sp³-hybridized carbons (Fsp3) is 0.232. The van der Waals surface area contributed by atoms with Crippen molar-refractivity contribution in [3.05, 3.63) is 494 Å². The summed E-state index contributed by atoms with van der Waals surface area (Å²) in [6.45, 7) is 40.6. The lowest BCUT2D eigenvalue weighted by Gasteiger charge is -2.47. The van der Waals surface area contributed by atoms with Crippen LogP contribution in [0, 0.1) is 83.1 Å². The van der Waals surface area contributed by atoms with Gasteiger partial charge in [0.1, 0.15) is 0 Å². The normalized spacial score (nSPS) is 14.7. The van der Waals surface area contributed by atoms with Gasteiger partial charge < -0.3 is 9.80 Å². The molecule has 0 spiro atoms. The van der Waals surface area contributed by atoms with Crippen LogP contribution < -0.4 is 9.80 Å². The second-order valence-corrected chi connectivity index (χ2v) is 39.0. The molecule has 127 heavy (non-hydrogen) atoms. The standard InChI is InChI=1S/C79H76N2.C29H26.C17H18/c1-11-13-15-57-27-39-63(40-28-57)80-73-43-25-55(7)45-69(73)78(59-31-17-51(3)18-32-59,60-33-19-52(4)20-34-60)71-47-65-66-48-72-76(50-68(66)77(9,10)67(65)49-75(71)80)81(64-41-29-58(30-42-64)16-14-12-2)74-44-26-56(8)46-70(74)79(72,61-35-21-53(5)22-36-61)62-37-23-54(6)24-38-62;1-19-5-11-23(12-6-19)29(24-13-7-20(2)8-14-24)27-17-21(3)9-15-25(27)26-16-10-22(4)18-28(26)29;1-11-5-7-13-14-8-6-12(2)10-16(14)17(3,4)15(13)9-11/h17-50H,11-16H2,1-10H3;5-18H,1-4H3;5-10H,1-4H3. The van der Waals surface area contributed by atoms with Crippen molar-refractivity contribution in [2.24, 2.45) is 0 Å². The first kappa shape index (κ1) is 83.7. The largest absolute Gasteiger partial charge is 0.310 e. The van der Waals surface area contributed by atoms with Crippen molar-refractivity contribution in [1.82, 2.24) is 0 Å². The highest BCUT2D eigenvalue weighted by Crippen LogP contribution is 2.66. The van der Waals surface area contributed by atoms with Gasteiger partial charge in [-0.05, 0) is 303 Å².